The molecule has 1 aromatic carbocycles. The van der Waals surface area contributed by atoms with Crippen molar-refractivity contribution < 1.29 is 13.2 Å². The lowest BCUT2D eigenvalue weighted by atomic mass is 10.3. The topological polar surface area (TPSA) is 72.6 Å². The Labute approximate surface area is 121 Å². The average molecular weight is 347 g/mol. The second kappa shape index (κ2) is 6.80. The van der Waals surface area contributed by atoms with Gasteiger partial charge in [-0.05, 0) is 12.1 Å². The third kappa shape index (κ3) is 3.86. The minimum atomic E-state index is -3.59. The van der Waals surface area contributed by atoms with Crippen LogP contribution in [0.25, 0.3) is 0 Å². The Morgan fingerprint density at radius 1 is 1.42 bits per heavy atom. The number of alkyl halides is 1. The van der Waals surface area contributed by atoms with Gasteiger partial charge < -0.3 is 10.5 Å². The maximum atomic E-state index is 12.3. The molecule has 0 amide bonds. The van der Waals surface area contributed by atoms with Crippen molar-refractivity contribution in [3.05, 3.63) is 18.2 Å². The molecule has 0 fully saturated rings. The molecule has 5 nitrogen and oxygen atoms in total. The summed E-state index contributed by atoms with van der Waals surface area (Å²) in [5, 5.41) is 0.510. The summed E-state index contributed by atoms with van der Waals surface area (Å²) in [4.78, 5) is 0.127. The normalized spacial score (nSPS) is 10.9. The summed E-state index contributed by atoms with van der Waals surface area (Å²) in [6.45, 7) is 0.126. The van der Waals surface area contributed by atoms with Gasteiger partial charge in [0.1, 0.15) is 5.75 Å². The highest BCUT2D eigenvalue weighted by Gasteiger charge is 2.21. The highest BCUT2D eigenvalue weighted by atomic mass is 79.9. The highest BCUT2D eigenvalue weighted by molar-refractivity contribution is 9.09. The zero-order chi connectivity index (χ0) is 14.5. The molecule has 0 unspecified atom stereocenters. The van der Waals surface area contributed by atoms with Gasteiger partial charge in [-0.1, -0.05) is 27.8 Å². The number of methoxy groups -OCH3 is 1. The number of anilines is 1. The maximum Gasteiger partial charge on any atom is 0.243 e. The van der Waals surface area contributed by atoms with Crippen molar-refractivity contribution in [1.29, 1.82) is 0 Å². The van der Waals surface area contributed by atoms with Gasteiger partial charge in [0, 0.05) is 13.1 Å². The standard InChI is InChI=1S/C12H15BrN2O3S/c1-15(8-4-3-7-13)19(16,17)10-5-6-11(14)12(9-10)18-2/h5-6,9H,7-8,14H2,1-2H3. The van der Waals surface area contributed by atoms with Crippen LogP contribution >= 0.6 is 15.9 Å². The van der Waals surface area contributed by atoms with Crippen LogP contribution < -0.4 is 10.5 Å². The molecule has 1 rings (SSSR count). The van der Waals surface area contributed by atoms with Crippen LogP contribution in [0.15, 0.2) is 23.1 Å². The molecule has 19 heavy (non-hydrogen) atoms. The molecule has 0 aromatic heterocycles. The molecule has 1 aromatic rings. The SMILES string of the molecule is COc1cc(S(=O)(=O)N(C)CC#CCBr)ccc1N. The summed E-state index contributed by atoms with van der Waals surface area (Å²) in [5.41, 5.74) is 6.05. The van der Waals surface area contributed by atoms with Crippen molar-refractivity contribution >= 4 is 31.6 Å². The first-order chi connectivity index (χ1) is 8.93. The minimum absolute atomic E-state index is 0.126. The predicted octanol–water partition coefficient (Wildman–Crippen LogP) is 1.30. The van der Waals surface area contributed by atoms with Gasteiger partial charge >= 0.3 is 0 Å². The van der Waals surface area contributed by atoms with Crippen molar-refractivity contribution in [3.8, 4) is 17.6 Å². The quantitative estimate of drug-likeness (QED) is 0.506. The summed E-state index contributed by atoms with van der Waals surface area (Å²) in [6.07, 6.45) is 0. The first kappa shape index (κ1) is 15.8. The third-order valence-electron chi connectivity index (χ3n) is 2.41. The van der Waals surface area contributed by atoms with Crippen LogP contribution in [0, 0.1) is 11.8 Å². The van der Waals surface area contributed by atoms with E-state index in [0.717, 1.165) is 0 Å². The molecule has 7 heteroatoms. The lowest BCUT2D eigenvalue weighted by Crippen LogP contribution is -2.27. The van der Waals surface area contributed by atoms with Crippen molar-refractivity contribution in [3.63, 3.8) is 0 Å². The molecule has 0 aliphatic rings. The molecule has 0 aliphatic carbocycles. The van der Waals surface area contributed by atoms with Crippen LogP contribution in [0.1, 0.15) is 0 Å². The van der Waals surface area contributed by atoms with Crippen LogP contribution in [-0.4, -0.2) is 38.8 Å². The van der Waals surface area contributed by atoms with E-state index >= 15 is 0 Å². The van der Waals surface area contributed by atoms with Gasteiger partial charge in [0.25, 0.3) is 0 Å². The number of hydrogen-bond donors (Lipinski definition) is 1. The molecular weight excluding hydrogens is 332 g/mol. The molecule has 0 aliphatic heterocycles. The molecule has 0 bridgehead atoms. The van der Waals surface area contributed by atoms with E-state index in [4.69, 9.17) is 10.5 Å². The van der Waals surface area contributed by atoms with Crippen LogP contribution in [0.4, 0.5) is 5.69 Å². The second-order valence-corrected chi connectivity index (χ2v) is 6.26. The maximum absolute atomic E-state index is 12.3. The molecule has 0 saturated heterocycles. The number of nitrogen functional groups attached to an aromatic ring is 1. The Hall–Kier alpha value is -1.23. The summed E-state index contributed by atoms with van der Waals surface area (Å²) in [5.74, 6) is 5.83. The largest absolute Gasteiger partial charge is 0.495 e. The van der Waals surface area contributed by atoms with Crippen LogP contribution in [0.5, 0.6) is 5.75 Å². The van der Waals surface area contributed by atoms with E-state index in [2.05, 4.69) is 27.8 Å². The zero-order valence-corrected chi connectivity index (χ0v) is 13.1. The van der Waals surface area contributed by atoms with E-state index in [9.17, 15) is 8.42 Å². The van der Waals surface area contributed by atoms with Crippen molar-refractivity contribution in [2.45, 2.75) is 4.90 Å². The van der Waals surface area contributed by atoms with Crippen LogP contribution in [0.2, 0.25) is 0 Å². The minimum Gasteiger partial charge on any atom is -0.495 e. The van der Waals surface area contributed by atoms with E-state index in [1.807, 2.05) is 0 Å². The molecule has 104 valence electrons. The Kier molecular flexibility index (Phi) is 5.66. The molecule has 0 atom stereocenters. The van der Waals surface area contributed by atoms with Gasteiger partial charge in [0.05, 0.1) is 29.6 Å². The van der Waals surface area contributed by atoms with E-state index in [0.29, 0.717) is 16.8 Å². The van der Waals surface area contributed by atoms with Gasteiger partial charge in [0.15, 0.2) is 0 Å². The number of rotatable bonds is 4. The van der Waals surface area contributed by atoms with Crippen molar-refractivity contribution in [1.82, 2.24) is 4.31 Å². The van der Waals surface area contributed by atoms with Crippen molar-refractivity contribution in [2.75, 3.05) is 31.8 Å². The van der Waals surface area contributed by atoms with E-state index in [1.165, 1.54) is 36.7 Å². The first-order valence-electron chi connectivity index (χ1n) is 5.35. The van der Waals surface area contributed by atoms with Crippen LogP contribution in [0.3, 0.4) is 0 Å². The Morgan fingerprint density at radius 2 is 2.11 bits per heavy atom. The fourth-order valence-corrected chi connectivity index (χ4v) is 2.62. The van der Waals surface area contributed by atoms with Gasteiger partial charge in [-0.3, -0.25) is 0 Å². The van der Waals surface area contributed by atoms with Gasteiger partial charge in [-0.15, -0.1) is 0 Å². The fourth-order valence-electron chi connectivity index (χ4n) is 1.33. The Balaban J connectivity index is 3.06. The average Bonchev–Trinajstić information content (AvgIpc) is 2.39. The van der Waals surface area contributed by atoms with Gasteiger partial charge in [-0.2, -0.15) is 4.31 Å². The fraction of sp³-hybridized carbons (Fsp3) is 0.333. The number of nitrogens with zero attached hydrogens (tertiary/aromatic N) is 1. The number of hydrogen-bond acceptors (Lipinski definition) is 4. The molecule has 2 N–H and O–H groups in total. The molecule has 0 spiro atoms. The molecule has 0 heterocycles. The van der Waals surface area contributed by atoms with Crippen LogP contribution in [-0.2, 0) is 10.0 Å². The summed E-state index contributed by atoms with van der Waals surface area (Å²) >= 11 is 3.15. The van der Waals surface area contributed by atoms with Gasteiger partial charge in [0.2, 0.25) is 10.0 Å². The summed E-state index contributed by atoms with van der Waals surface area (Å²) < 4.78 is 30.7. The Bertz CT molecular complexity index is 605. The zero-order valence-electron chi connectivity index (χ0n) is 10.7. The smallest absolute Gasteiger partial charge is 0.243 e. The van der Waals surface area contributed by atoms with E-state index in [-0.39, 0.29) is 11.4 Å². The number of nitrogens with two attached hydrogens (primary N) is 1. The summed E-state index contributed by atoms with van der Waals surface area (Å²) in [7, 11) is -0.678. The molecular formula is C12H15BrN2O3S. The van der Waals surface area contributed by atoms with E-state index in [1.54, 1.807) is 0 Å². The predicted molar refractivity (Wildman–Crippen MR) is 78.8 cm³/mol. The molecule has 0 radical (unpaired) electrons. The Morgan fingerprint density at radius 3 is 2.68 bits per heavy atom. The van der Waals surface area contributed by atoms with Gasteiger partial charge in [-0.25, -0.2) is 8.42 Å². The number of ether oxygens (including phenoxy) is 1. The second-order valence-electron chi connectivity index (χ2n) is 3.65. The van der Waals surface area contributed by atoms with Crippen molar-refractivity contribution in [2.24, 2.45) is 0 Å². The number of benzene rings is 1. The highest BCUT2D eigenvalue weighted by Crippen LogP contribution is 2.26. The lowest BCUT2D eigenvalue weighted by molar-refractivity contribution is 0.415. The number of halogens is 1. The first-order valence-corrected chi connectivity index (χ1v) is 7.91. The molecule has 0 saturated carbocycles. The number of sulfonamides is 1. The van der Waals surface area contributed by atoms with E-state index < -0.39 is 10.0 Å². The lowest BCUT2D eigenvalue weighted by Gasteiger charge is -2.15. The summed E-state index contributed by atoms with van der Waals surface area (Å²) in [6, 6.07) is 4.35. The third-order valence-corrected chi connectivity index (χ3v) is 4.49. The monoisotopic (exact) mass is 346 g/mol.